The number of aromatic nitrogens is 4. The number of fused-ring (bicyclic) bond motifs is 1. The minimum Gasteiger partial charge on any atom is -0.341 e. The number of hydrogen-bond acceptors (Lipinski definition) is 7. The van der Waals surface area contributed by atoms with Gasteiger partial charge < -0.3 is 10.2 Å². The number of thiazole rings is 1. The second-order valence-electron chi connectivity index (χ2n) is 8.02. The molecular weight excluding hydrogens is 423 g/mol. The Hall–Kier alpha value is -2.20. The number of piperidine rings is 1. The van der Waals surface area contributed by atoms with E-state index >= 15 is 0 Å². The van der Waals surface area contributed by atoms with E-state index in [1.165, 1.54) is 48.1 Å². The first kappa shape index (κ1) is 19.7. The van der Waals surface area contributed by atoms with Gasteiger partial charge in [0, 0.05) is 19.1 Å². The molecule has 7 nitrogen and oxygen atoms in total. The Morgan fingerprint density at radius 1 is 1.27 bits per heavy atom. The van der Waals surface area contributed by atoms with Gasteiger partial charge in [0.25, 0.3) is 0 Å². The highest BCUT2D eigenvalue weighted by atomic mass is 32.2. The van der Waals surface area contributed by atoms with Crippen LogP contribution in [0.25, 0.3) is 10.2 Å². The summed E-state index contributed by atoms with van der Waals surface area (Å²) in [6.07, 6.45) is 4.62. The standard InChI is InChI=1S/C20H23FN6OS2/c1-12-6-8-26(9-7-12)19-24-25-20(27(19)14-3-4-14)29-11-17(28)23-18-22-15-5-2-13(21)10-16(15)30-18/h2,5,10,12,14H,3-4,6-9,11H2,1H3,(H,22,23,28). The molecule has 1 aliphatic heterocycles. The van der Waals surface area contributed by atoms with Crippen LogP contribution in [0.2, 0.25) is 0 Å². The van der Waals surface area contributed by atoms with Crippen LogP contribution < -0.4 is 10.2 Å². The summed E-state index contributed by atoms with van der Waals surface area (Å²) in [5.74, 6) is 1.47. The molecule has 3 heterocycles. The third-order valence-electron chi connectivity index (χ3n) is 5.55. The zero-order valence-corrected chi connectivity index (χ0v) is 18.3. The summed E-state index contributed by atoms with van der Waals surface area (Å²) in [5, 5.41) is 13.0. The molecule has 0 radical (unpaired) electrons. The van der Waals surface area contributed by atoms with Crippen LogP contribution in [0.15, 0.2) is 23.4 Å². The highest BCUT2D eigenvalue weighted by molar-refractivity contribution is 7.99. The monoisotopic (exact) mass is 446 g/mol. The van der Waals surface area contributed by atoms with Gasteiger partial charge in [-0.1, -0.05) is 30.0 Å². The van der Waals surface area contributed by atoms with Crippen molar-refractivity contribution in [1.82, 2.24) is 19.7 Å². The normalized spacial score (nSPS) is 17.6. The van der Waals surface area contributed by atoms with Gasteiger partial charge in [0.05, 0.1) is 16.0 Å². The predicted octanol–water partition coefficient (Wildman–Crippen LogP) is 4.33. The highest BCUT2D eigenvalue weighted by Gasteiger charge is 2.32. The van der Waals surface area contributed by atoms with E-state index in [2.05, 4.69) is 36.9 Å². The number of nitrogens with zero attached hydrogens (tertiary/aromatic N) is 5. The molecule has 1 N–H and O–H groups in total. The molecule has 1 aromatic carbocycles. The number of nitrogens with one attached hydrogen (secondary N) is 1. The van der Waals surface area contributed by atoms with Crippen molar-refractivity contribution in [2.45, 2.75) is 43.8 Å². The van der Waals surface area contributed by atoms with E-state index in [0.717, 1.165) is 43.0 Å². The Kier molecular flexibility index (Phi) is 5.36. The topological polar surface area (TPSA) is 75.9 Å². The van der Waals surface area contributed by atoms with Crippen LogP contribution in [0.4, 0.5) is 15.5 Å². The summed E-state index contributed by atoms with van der Waals surface area (Å²) in [7, 11) is 0. The second-order valence-corrected chi connectivity index (χ2v) is 9.99. The average Bonchev–Trinajstić information content (AvgIpc) is 3.35. The van der Waals surface area contributed by atoms with Gasteiger partial charge in [-0.3, -0.25) is 9.36 Å². The fourth-order valence-corrected chi connectivity index (χ4v) is 5.39. The lowest BCUT2D eigenvalue weighted by atomic mass is 10.00. The minimum atomic E-state index is -0.307. The summed E-state index contributed by atoms with van der Waals surface area (Å²) < 4.78 is 16.3. The van der Waals surface area contributed by atoms with Crippen LogP contribution in [-0.4, -0.2) is 44.5 Å². The van der Waals surface area contributed by atoms with Crippen molar-refractivity contribution in [1.29, 1.82) is 0 Å². The molecule has 1 saturated heterocycles. The molecule has 10 heteroatoms. The molecular formula is C20H23FN6OS2. The number of carbonyl (C=O) groups excluding carboxylic acids is 1. The van der Waals surface area contributed by atoms with Crippen LogP contribution in [-0.2, 0) is 4.79 Å². The molecule has 2 fully saturated rings. The number of hydrogen-bond donors (Lipinski definition) is 1. The second kappa shape index (κ2) is 8.14. The Morgan fingerprint density at radius 2 is 2.07 bits per heavy atom. The molecule has 1 saturated carbocycles. The lowest BCUT2D eigenvalue weighted by molar-refractivity contribution is -0.113. The number of anilines is 2. The summed E-state index contributed by atoms with van der Waals surface area (Å²) in [6, 6.07) is 4.86. The first-order valence-electron chi connectivity index (χ1n) is 10.3. The van der Waals surface area contributed by atoms with Crippen LogP contribution in [0.3, 0.4) is 0 Å². The maximum absolute atomic E-state index is 13.4. The van der Waals surface area contributed by atoms with Gasteiger partial charge in [-0.15, -0.1) is 10.2 Å². The number of carbonyl (C=O) groups is 1. The summed E-state index contributed by atoms with van der Waals surface area (Å²) >= 11 is 2.68. The van der Waals surface area contributed by atoms with E-state index in [1.807, 2.05) is 0 Å². The molecule has 0 unspecified atom stereocenters. The Labute approximate surface area is 182 Å². The van der Waals surface area contributed by atoms with Crippen molar-refractivity contribution in [3.8, 4) is 0 Å². The van der Waals surface area contributed by atoms with Gasteiger partial charge in [0.2, 0.25) is 11.9 Å². The highest BCUT2D eigenvalue weighted by Crippen LogP contribution is 2.41. The zero-order valence-electron chi connectivity index (χ0n) is 16.7. The van der Waals surface area contributed by atoms with E-state index in [4.69, 9.17) is 0 Å². The first-order chi connectivity index (χ1) is 14.6. The minimum absolute atomic E-state index is 0.154. The summed E-state index contributed by atoms with van der Waals surface area (Å²) in [4.78, 5) is 19.1. The Bertz CT molecular complexity index is 1070. The van der Waals surface area contributed by atoms with Crippen molar-refractivity contribution in [2.24, 2.45) is 5.92 Å². The number of benzene rings is 1. The van der Waals surface area contributed by atoms with Crippen molar-refractivity contribution in [2.75, 3.05) is 29.1 Å². The lowest BCUT2D eigenvalue weighted by Crippen LogP contribution is -2.34. The molecule has 30 heavy (non-hydrogen) atoms. The molecule has 0 spiro atoms. The molecule has 0 atom stereocenters. The van der Waals surface area contributed by atoms with Crippen LogP contribution >= 0.6 is 23.1 Å². The van der Waals surface area contributed by atoms with Gasteiger partial charge in [0.15, 0.2) is 10.3 Å². The third kappa shape index (κ3) is 4.15. The van der Waals surface area contributed by atoms with Crippen molar-refractivity contribution in [3.63, 3.8) is 0 Å². The van der Waals surface area contributed by atoms with E-state index in [9.17, 15) is 9.18 Å². The molecule has 2 aromatic heterocycles. The fraction of sp³-hybridized carbons (Fsp3) is 0.500. The van der Waals surface area contributed by atoms with Gasteiger partial charge >= 0.3 is 0 Å². The smallest absolute Gasteiger partial charge is 0.236 e. The van der Waals surface area contributed by atoms with Crippen LogP contribution in [0.1, 0.15) is 38.6 Å². The number of rotatable bonds is 6. The van der Waals surface area contributed by atoms with Crippen molar-refractivity contribution >= 4 is 50.3 Å². The SMILES string of the molecule is CC1CCN(c2nnc(SCC(=O)Nc3nc4ccc(F)cc4s3)n2C2CC2)CC1. The van der Waals surface area contributed by atoms with Gasteiger partial charge in [-0.25, -0.2) is 9.37 Å². The van der Waals surface area contributed by atoms with Crippen molar-refractivity contribution < 1.29 is 9.18 Å². The van der Waals surface area contributed by atoms with Crippen LogP contribution in [0.5, 0.6) is 0 Å². The summed E-state index contributed by atoms with van der Waals surface area (Å²) in [5.41, 5.74) is 0.679. The number of thioether (sulfide) groups is 1. The van der Waals surface area contributed by atoms with Gasteiger partial charge in [-0.05, 0) is 49.8 Å². The molecule has 1 amide bonds. The van der Waals surface area contributed by atoms with E-state index in [0.29, 0.717) is 21.4 Å². The molecule has 2 aliphatic rings. The summed E-state index contributed by atoms with van der Waals surface area (Å²) in [6.45, 7) is 4.32. The van der Waals surface area contributed by atoms with Crippen molar-refractivity contribution in [3.05, 3.63) is 24.0 Å². The molecule has 0 bridgehead atoms. The van der Waals surface area contributed by atoms with Gasteiger partial charge in [-0.2, -0.15) is 0 Å². The maximum atomic E-state index is 13.4. The quantitative estimate of drug-likeness (QED) is 0.568. The Balaban J connectivity index is 1.25. The number of amides is 1. The lowest BCUT2D eigenvalue weighted by Gasteiger charge is -2.31. The molecule has 5 rings (SSSR count). The molecule has 1 aliphatic carbocycles. The van der Waals surface area contributed by atoms with Gasteiger partial charge in [0.1, 0.15) is 5.82 Å². The Morgan fingerprint density at radius 3 is 2.83 bits per heavy atom. The van der Waals surface area contributed by atoms with Crippen LogP contribution in [0, 0.1) is 11.7 Å². The molecule has 158 valence electrons. The largest absolute Gasteiger partial charge is 0.341 e. The first-order valence-corrected chi connectivity index (χ1v) is 12.1. The fourth-order valence-electron chi connectivity index (χ4n) is 3.68. The molecule has 3 aromatic rings. The van der Waals surface area contributed by atoms with E-state index in [1.54, 1.807) is 6.07 Å². The predicted molar refractivity (Wildman–Crippen MR) is 118 cm³/mol. The van der Waals surface area contributed by atoms with E-state index < -0.39 is 0 Å². The maximum Gasteiger partial charge on any atom is 0.236 e. The van der Waals surface area contributed by atoms with E-state index in [-0.39, 0.29) is 17.5 Å². The number of halogens is 1. The zero-order chi connectivity index (χ0) is 20.7. The third-order valence-corrected chi connectivity index (χ3v) is 7.43. The average molecular weight is 447 g/mol.